The lowest BCUT2D eigenvalue weighted by Crippen LogP contribution is -2.28. The second kappa shape index (κ2) is 7.44. The van der Waals surface area contributed by atoms with Crippen molar-refractivity contribution >= 4 is 17.5 Å². The number of aryl methyl sites for hydroxylation is 1. The van der Waals surface area contributed by atoms with Gasteiger partial charge in [0.2, 0.25) is 0 Å². The van der Waals surface area contributed by atoms with Crippen LogP contribution in [0, 0.1) is 18.8 Å². The predicted molar refractivity (Wildman–Crippen MR) is 119 cm³/mol. The van der Waals surface area contributed by atoms with Gasteiger partial charge >= 0.3 is 0 Å². The van der Waals surface area contributed by atoms with E-state index in [2.05, 4.69) is 25.6 Å². The average Bonchev–Trinajstić information content (AvgIpc) is 3.37. The standard InChI is InChI=1S/C23H24F2N8O/c1-12-13(2-5-20(28-12)32-9-16-17(10-32)23(16,24)25)8-33-11-19(30-31-33)22(34)29-18-4-3-15-14(18)6-7-27-21(15)26/h2,5-7,11,16-18H,3-4,8-10H2,1H3,(H2,26,27)(H,29,34). The Balaban J connectivity index is 1.10. The van der Waals surface area contributed by atoms with Crippen LogP contribution in [-0.2, 0) is 13.0 Å². The summed E-state index contributed by atoms with van der Waals surface area (Å²) in [5.74, 6) is -2.66. The molecule has 176 valence electrons. The Hall–Kier alpha value is -3.63. The van der Waals surface area contributed by atoms with Crippen LogP contribution in [-0.4, -0.2) is 49.9 Å². The number of hydrogen-bond donors (Lipinski definition) is 2. The highest BCUT2D eigenvalue weighted by Gasteiger charge is 2.71. The van der Waals surface area contributed by atoms with Crippen LogP contribution in [0.3, 0.4) is 0 Å². The summed E-state index contributed by atoms with van der Waals surface area (Å²) in [6.45, 7) is 2.98. The minimum Gasteiger partial charge on any atom is -0.383 e. The maximum absolute atomic E-state index is 13.5. The molecule has 0 bridgehead atoms. The van der Waals surface area contributed by atoms with E-state index in [0.717, 1.165) is 41.0 Å². The number of carbonyl (C=O) groups is 1. The van der Waals surface area contributed by atoms with Gasteiger partial charge in [0.05, 0.1) is 30.6 Å². The van der Waals surface area contributed by atoms with E-state index in [1.54, 1.807) is 17.1 Å². The third-order valence-corrected chi connectivity index (χ3v) is 7.30. The Kier molecular flexibility index (Phi) is 4.58. The first-order chi connectivity index (χ1) is 16.3. The first-order valence-corrected chi connectivity index (χ1v) is 11.3. The lowest BCUT2D eigenvalue weighted by molar-refractivity contribution is 0.0796. The molecular formula is C23H24F2N8O. The second-order valence-corrected chi connectivity index (χ2v) is 9.34. The van der Waals surface area contributed by atoms with Gasteiger partial charge in [-0.15, -0.1) is 5.10 Å². The van der Waals surface area contributed by atoms with Gasteiger partial charge < -0.3 is 16.0 Å². The van der Waals surface area contributed by atoms with Gasteiger partial charge in [0.15, 0.2) is 5.69 Å². The summed E-state index contributed by atoms with van der Waals surface area (Å²) in [7, 11) is 0. The third kappa shape index (κ3) is 3.37. The lowest BCUT2D eigenvalue weighted by atomic mass is 10.1. The number of nitrogens with two attached hydrogens (primary N) is 1. The van der Waals surface area contributed by atoms with Crippen LogP contribution in [0.4, 0.5) is 20.4 Å². The van der Waals surface area contributed by atoms with Crippen LogP contribution in [0.2, 0.25) is 0 Å². The zero-order valence-electron chi connectivity index (χ0n) is 18.6. The number of rotatable bonds is 5. The number of aromatic nitrogens is 5. The van der Waals surface area contributed by atoms with Crippen LogP contribution in [0.5, 0.6) is 0 Å². The molecule has 9 nitrogen and oxygen atoms in total. The first kappa shape index (κ1) is 20.9. The van der Waals surface area contributed by atoms with Crippen LogP contribution in [0.1, 0.15) is 45.3 Å². The number of anilines is 2. The van der Waals surface area contributed by atoms with Gasteiger partial charge in [0.25, 0.3) is 11.8 Å². The van der Waals surface area contributed by atoms with Crippen molar-refractivity contribution in [2.24, 2.45) is 11.8 Å². The van der Waals surface area contributed by atoms with Gasteiger partial charge in [-0.2, -0.15) is 0 Å². The number of carbonyl (C=O) groups excluding carboxylic acids is 1. The highest BCUT2D eigenvalue weighted by molar-refractivity contribution is 5.92. The van der Waals surface area contributed by atoms with E-state index in [9.17, 15) is 13.6 Å². The number of halogens is 2. The Morgan fingerprint density at radius 2 is 2.06 bits per heavy atom. The van der Waals surface area contributed by atoms with Crippen molar-refractivity contribution < 1.29 is 13.6 Å². The van der Waals surface area contributed by atoms with Crippen LogP contribution >= 0.6 is 0 Å². The van der Waals surface area contributed by atoms with Gasteiger partial charge in [0.1, 0.15) is 11.6 Å². The van der Waals surface area contributed by atoms with Crippen LogP contribution in [0.25, 0.3) is 0 Å². The summed E-state index contributed by atoms with van der Waals surface area (Å²) in [6.07, 6.45) is 4.79. The average molecular weight is 466 g/mol. The van der Waals surface area contributed by atoms with Gasteiger partial charge in [-0.1, -0.05) is 11.3 Å². The fourth-order valence-electron chi connectivity index (χ4n) is 5.22. The van der Waals surface area contributed by atoms with Crippen molar-refractivity contribution in [3.05, 3.63) is 58.7 Å². The molecule has 0 spiro atoms. The van der Waals surface area contributed by atoms with Crippen molar-refractivity contribution in [3.63, 3.8) is 0 Å². The van der Waals surface area contributed by atoms with E-state index in [1.165, 1.54) is 0 Å². The highest BCUT2D eigenvalue weighted by Crippen LogP contribution is 2.59. The molecule has 0 radical (unpaired) electrons. The zero-order chi connectivity index (χ0) is 23.6. The number of hydrogen-bond acceptors (Lipinski definition) is 7. The fraction of sp³-hybridized carbons (Fsp3) is 0.435. The first-order valence-electron chi connectivity index (χ1n) is 11.3. The molecule has 3 aromatic heterocycles. The van der Waals surface area contributed by atoms with E-state index in [1.807, 2.05) is 30.0 Å². The molecule has 3 N–H and O–H groups in total. The van der Waals surface area contributed by atoms with E-state index in [0.29, 0.717) is 25.5 Å². The van der Waals surface area contributed by atoms with Crippen molar-refractivity contribution in [2.75, 3.05) is 23.7 Å². The van der Waals surface area contributed by atoms with Crippen LogP contribution < -0.4 is 16.0 Å². The summed E-state index contributed by atoms with van der Waals surface area (Å²) in [4.78, 5) is 23.4. The molecule has 1 aliphatic heterocycles. The summed E-state index contributed by atoms with van der Waals surface area (Å²) in [6, 6.07) is 5.54. The molecule has 6 rings (SSSR count). The fourth-order valence-corrected chi connectivity index (χ4v) is 5.22. The minimum absolute atomic E-state index is 0.131. The molecule has 34 heavy (non-hydrogen) atoms. The molecule has 2 fully saturated rings. The smallest absolute Gasteiger partial charge is 0.273 e. The van der Waals surface area contributed by atoms with Crippen molar-refractivity contribution in [1.82, 2.24) is 30.3 Å². The largest absolute Gasteiger partial charge is 0.383 e. The molecule has 1 saturated heterocycles. The Morgan fingerprint density at radius 3 is 2.82 bits per heavy atom. The summed E-state index contributed by atoms with van der Waals surface area (Å²) >= 11 is 0. The predicted octanol–water partition coefficient (Wildman–Crippen LogP) is 2.13. The monoisotopic (exact) mass is 466 g/mol. The SMILES string of the molecule is Cc1nc(N2CC3C(C2)C3(F)F)ccc1Cn1cc(C(=O)NC2CCc3c2ccnc3N)nn1. The number of alkyl halides is 2. The molecule has 3 aliphatic rings. The van der Waals surface area contributed by atoms with Gasteiger partial charge in [0, 0.05) is 25.0 Å². The number of piperidine rings is 1. The van der Waals surface area contributed by atoms with Gasteiger partial charge in [-0.3, -0.25) is 4.79 Å². The molecule has 2 aliphatic carbocycles. The maximum atomic E-state index is 13.5. The Labute approximate surface area is 194 Å². The third-order valence-electron chi connectivity index (χ3n) is 7.30. The summed E-state index contributed by atoms with van der Waals surface area (Å²) in [5.41, 5.74) is 9.87. The van der Waals surface area contributed by atoms with Crippen LogP contribution in [0.15, 0.2) is 30.6 Å². The molecular weight excluding hydrogens is 442 g/mol. The molecule has 1 amide bonds. The normalized spacial score (nSPS) is 24.1. The maximum Gasteiger partial charge on any atom is 0.273 e. The minimum atomic E-state index is -2.51. The van der Waals surface area contributed by atoms with Crippen molar-refractivity contribution in [2.45, 2.75) is 38.3 Å². The second-order valence-electron chi connectivity index (χ2n) is 9.34. The van der Waals surface area contributed by atoms with Gasteiger partial charge in [-0.05, 0) is 48.6 Å². The molecule has 0 aromatic carbocycles. The molecule has 3 atom stereocenters. The van der Waals surface area contributed by atoms with E-state index in [-0.39, 0.29) is 17.6 Å². The number of nitrogen functional groups attached to an aromatic ring is 1. The van der Waals surface area contributed by atoms with E-state index in [4.69, 9.17) is 5.73 Å². The number of nitrogens with zero attached hydrogens (tertiary/aromatic N) is 6. The molecule has 4 heterocycles. The topological polar surface area (TPSA) is 115 Å². The summed E-state index contributed by atoms with van der Waals surface area (Å²) < 4.78 is 28.5. The zero-order valence-corrected chi connectivity index (χ0v) is 18.6. The Bertz CT molecular complexity index is 1280. The van der Waals surface area contributed by atoms with Crippen molar-refractivity contribution in [3.8, 4) is 0 Å². The molecule has 3 unspecified atom stereocenters. The van der Waals surface area contributed by atoms with E-state index < -0.39 is 17.8 Å². The highest BCUT2D eigenvalue weighted by atomic mass is 19.3. The van der Waals surface area contributed by atoms with Gasteiger partial charge in [-0.25, -0.2) is 23.4 Å². The lowest BCUT2D eigenvalue weighted by Gasteiger charge is -2.21. The number of amides is 1. The number of pyridine rings is 2. The van der Waals surface area contributed by atoms with E-state index >= 15 is 0 Å². The quantitative estimate of drug-likeness (QED) is 0.592. The van der Waals surface area contributed by atoms with Crippen molar-refractivity contribution in [1.29, 1.82) is 0 Å². The molecule has 3 aromatic rings. The number of nitrogens with one attached hydrogen (secondary N) is 1. The number of fused-ring (bicyclic) bond motifs is 2. The molecule has 1 saturated carbocycles. The Morgan fingerprint density at radius 1 is 1.26 bits per heavy atom. The molecule has 11 heteroatoms. The summed E-state index contributed by atoms with van der Waals surface area (Å²) in [5, 5.41) is 11.1.